The van der Waals surface area contributed by atoms with Crippen LogP contribution in [0.2, 0.25) is 0 Å². The summed E-state index contributed by atoms with van der Waals surface area (Å²) in [6, 6.07) is 8.64. The fourth-order valence-electron chi connectivity index (χ4n) is 4.31. The SMILES string of the molecule is CN=C(NCC1CCN(S(C)(=O)=O)CC1)NCC1CCCOC1c1ccc(C)cc1. The molecular weight excluding hydrogens is 400 g/mol. The third-order valence-corrected chi connectivity index (χ3v) is 7.51. The number of piperidine rings is 1. The molecule has 2 N–H and O–H groups in total. The van der Waals surface area contributed by atoms with Gasteiger partial charge in [0.1, 0.15) is 0 Å². The molecule has 168 valence electrons. The van der Waals surface area contributed by atoms with Gasteiger partial charge in [0.2, 0.25) is 10.0 Å². The Kier molecular flexibility index (Phi) is 8.13. The first kappa shape index (κ1) is 23.0. The molecule has 2 unspecified atom stereocenters. The Hall–Kier alpha value is -1.64. The molecule has 2 fully saturated rings. The van der Waals surface area contributed by atoms with Gasteiger partial charge in [-0.1, -0.05) is 29.8 Å². The number of hydrogen-bond donors (Lipinski definition) is 2. The predicted molar refractivity (Wildman–Crippen MR) is 121 cm³/mol. The minimum Gasteiger partial charge on any atom is -0.373 e. The number of guanidine groups is 1. The van der Waals surface area contributed by atoms with Gasteiger partial charge in [-0.2, -0.15) is 0 Å². The van der Waals surface area contributed by atoms with Crippen molar-refractivity contribution >= 4 is 16.0 Å². The molecule has 0 radical (unpaired) electrons. The average Bonchev–Trinajstić information content (AvgIpc) is 2.74. The Morgan fingerprint density at radius 1 is 1.13 bits per heavy atom. The van der Waals surface area contributed by atoms with E-state index < -0.39 is 10.0 Å². The zero-order valence-electron chi connectivity index (χ0n) is 18.4. The molecule has 2 aliphatic rings. The summed E-state index contributed by atoms with van der Waals surface area (Å²) in [5.74, 6) is 1.66. The van der Waals surface area contributed by atoms with Crippen molar-refractivity contribution in [3.8, 4) is 0 Å². The third-order valence-electron chi connectivity index (χ3n) is 6.21. The second kappa shape index (κ2) is 10.6. The Balaban J connectivity index is 1.47. The van der Waals surface area contributed by atoms with Crippen molar-refractivity contribution in [2.45, 2.75) is 38.7 Å². The molecule has 1 aromatic carbocycles. The van der Waals surface area contributed by atoms with E-state index in [-0.39, 0.29) is 6.10 Å². The number of aliphatic imine (C=N–C) groups is 1. The van der Waals surface area contributed by atoms with E-state index in [1.807, 2.05) is 0 Å². The van der Waals surface area contributed by atoms with Crippen molar-refractivity contribution in [3.05, 3.63) is 35.4 Å². The molecule has 0 bridgehead atoms. The number of nitrogens with one attached hydrogen (secondary N) is 2. The molecule has 2 saturated heterocycles. The first-order chi connectivity index (χ1) is 14.4. The van der Waals surface area contributed by atoms with Crippen molar-refractivity contribution in [2.75, 3.05) is 46.1 Å². The summed E-state index contributed by atoms with van der Waals surface area (Å²) in [5, 5.41) is 6.90. The summed E-state index contributed by atoms with van der Waals surface area (Å²) in [7, 11) is -1.28. The van der Waals surface area contributed by atoms with Crippen molar-refractivity contribution in [2.24, 2.45) is 16.8 Å². The van der Waals surface area contributed by atoms with Crippen molar-refractivity contribution < 1.29 is 13.2 Å². The predicted octanol–water partition coefficient (Wildman–Crippen LogP) is 2.30. The first-order valence-corrected chi connectivity index (χ1v) is 12.8. The maximum absolute atomic E-state index is 11.7. The Morgan fingerprint density at radius 2 is 1.80 bits per heavy atom. The molecule has 8 heteroatoms. The van der Waals surface area contributed by atoms with E-state index in [9.17, 15) is 8.42 Å². The van der Waals surface area contributed by atoms with Crippen molar-refractivity contribution in [3.63, 3.8) is 0 Å². The zero-order valence-corrected chi connectivity index (χ0v) is 19.2. The van der Waals surface area contributed by atoms with Crippen LogP contribution in [0.5, 0.6) is 0 Å². The largest absolute Gasteiger partial charge is 0.373 e. The van der Waals surface area contributed by atoms with Gasteiger partial charge in [-0.15, -0.1) is 0 Å². The molecular formula is C22H36N4O3S. The van der Waals surface area contributed by atoms with Crippen LogP contribution < -0.4 is 10.6 Å². The molecule has 1 aromatic rings. The Bertz CT molecular complexity index is 802. The lowest BCUT2D eigenvalue weighted by molar-refractivity contribution is -0.0265. The lowest BCUT2D eigenvalue weighted by atomic mass is 9.89. The number of benzene rings is 1. The molecule has 2 heterocycles. The summed E-state index contributed by atoms with van der Waals surface area (Å²) in [4.78, 5) is 4.37. The number of ether oxygens (including phenoxy) is 1. The standard InChI is InChI=1S/C22H36N4O3S/c1-17-6-8-19(9-7-17)21-20(5-4-14-29-21)16-25-22(23-2)24-15-18-10-12-26(13-11-18)30(3,27)28/h6-9,18,20-21H,4-5,10-16H2,1-3H3,(H2,23,24,25). The molecule has 0 amide bonds. The van der Waals surface area contributed by atoms with E-state index >= 15 is 0 Å². The van der Waals surface area contributed by atoms with Crippen LogP contribution in [0.25, 0.3) is 0 Å². The van der Waals surface area contributed by atoms with Crippen LogP contribution in [0.1, 0.15) is 42.9 Å². The maximum atomic E-state index is 11.7. The van der Waals surface area contributed by atoms with Gasteiger partial charge in [0.05, 0.1) is 12.4 Å². The van der Waals surface area contributed by atoms with E-state index in [4.69, 9.17) is 4.74 Å². The highest BCUT2D eigenvalue weighted by molar-refractivity contribution is 7.88. The summed E-state index contributed by atoms with van der Waals surface area (Å²) >= 11 is 0. The van der Waals surface area contributed by atoms with Gasteiger partial charge < -0.3 is 15.4 Å². The second-order valence-electron chi connectivity index (χ2n) is 8.54. The van der Waals surface area contributed by atoms with Crippen LogP contribution in [0.4, 0.5) is 0 Å². The lowest BCUT2D eigenvalue weighted by Crippen LogP contribution is -2.45. The highest BCUT2D eigenvalue weighted by Gasteiger charge is 2.28. The van der Waals surface area contributed by atoms with Gasteiger partial charge in [-0.3, -0.25) is 4.99 Å². The van der Waals surface area contributed by atoms with Gasteiger partial charge >= 0.3 is 0 Å². The summed E-state index contributed by atoms with van der Waals surface area (Å²) in [6.45, 7) is 5.74. The summed E-state index contributed by atoms with van der Waals surface area (Å²) < 4.78 is 31.0. The molecule has 3 rings (SSSR count). The zero-order chi connectivity index (χ0) is 21.6. The van der Waals surface area contributed by atoms with Crippen LogP contribution in [-0.4, -0.2) is 64.8 Å². The molecule has 2 atom stereocenters. The lowest BCUT2D eigenvalue weighted by Gasteiger charge is -2.33. The van der Waals surface area contributed by atoms with Crippen LogP contribution in [0.3, 0.4) is 0 Å². The van der Waals surface area contributed by atoms with E-state index in [0.29, 0.717) is 24.9 Å². The highest BCUT2D eigenvalue weighted by Crippen LogP contribution is 2.33. The van der Waals surface area contributed by atoms with E-state index in [0.717, 1.165) is 51.3 Å². The van der Waals surface area contributed by atoms with Crippen LogP contribution in [-0.2, 0) is 14.8 Å². The minimum absolute atomic E-state index is 0.116. The maximum Gasteiger partial charge on any atom is 0.211 e. The third kappa shape index (κ3) is 6.43. The highest BCUT2D eigenvalue weighted by atomic mass is 32.2. The monoisotopic (exact) mass is 436 g/mol. The molecule has 0 saturated carbocycles. The number of hydrogen-bond acceptors (Lipinski definition) is 4. The normalized spacial score (nSPS) is 24.6. The minimum atomic E-state index is -3.07. The number of nitrogens with zero attached hydrogens (tertiary/aromatic N) is 2. The van der Waals surface area contributed by atoms with Crippen molar-refractivity contribution in [1.29, 1.82) is 0 Å². The number of aryl methyl sites for hydroxylation is 1. The summed E-state index contributed by atoms with van der Waals surface area (Å²) in [5.41, 5.74) is 2.50. The molecule has 2 aliphatic heterocycles. The van der Waals surface area contributed by atoms with Crippen LogP contribution in [0, 0.1) is 18.8 Å². The van der Waals surface area contributed by atoms with E-state index in [1.165, 1.54) is 17.4 Å². The number of sulfonamides is 1. The van der Waals surface area contributed by atoms with Gasteiger partial charge in [-0.05, 0) is 44.1 Å². The molecule has 0 aliphatic carbocycles. The summed E-state index contributed by atoms with van der Waals surface area (Å²) in [6.07, 6.45) is 5.37. The van der Waals surface area contributed by atoms with E-state index in [2.05, 4.69) is 46.8 Å². The van der Waals surface area contributed by atoms with Gasteiger partial charge in [-0.25, -0.2) is 12.7 Å². The fraction of sp³-hybridized carbons (Fsp3) is 0.682. The Morgan fingerprint density at radius 3 is 2.43 bits per heavy atom. The second-order valence-corrected chi connectivity index (χ2v) is 10.5. The molecule has 30 heavy (non-hydrogen) atoms. The van der Waals surface area contributed by atoms with Gasteiger partial charge in [0, 0.05) is 45.8 Å². The van der Waals surface area contributed by atoms with Gasteiger partial charge in [0.25, 0.3) is 0 Å². The van der Waals surface area contributed by atoms with E-state index in [1.54, 1.807) is 11.4 Å². The van der Waals surface area contributed by atoms with Crippen LogP contribution in [0.15, 0.2) is 29.3 Å². The number of rotatable bonds is 6. The molecule has 7 nitrogen and oxygen atoms in total. The molecule has 0 aromatic heterocycles. The fourth-order valence-corrected chi connectivity index (χ4v) is 5.19. The topological polar surface area (TPSA) is 83.0 Å². The quantitative estimate of drug-likeness (QED) is 0.528. The first-order valence-electron chi connectivity index (χ1n) is 10.9. The molecule has 0 spiro atoms. The van der Waals surface area contributed by atoms with Gasteiger partial charge in [0.15, 0.2) is 5.96 Å². The average molecular weight is 437 g/mol. The van der Waals surface area contributed by atoms with Crippen molar-refractivity contribution in [1.82, 2.24) is 14.9 Å². The smallest absolute Gasteiger partial charge is 0.211 e. The van der Waals surface area contributed by atoms with Crippen LogP contribution >= 0.6 is 0 Å². The Labute approximate surface area is 181 Å².